The predicted octanol–water partition coefficient (Wildman–Crippen LogP) is 1.70. The summed E-state index contributed by atoms with van der Waals surface area (Å²) in [4.78, 5) is 30.7. The predicted molar refractivity (Wildman–Crippen MR) is 101 cm³/mol. The number of thiazole rings is 1. The molecule has 26 heavy (non-hydrogen) atoms. The summed E-state index contributed by atoms with van der Waals surface area (Å²) in [5, 5.41) is 7.39. The first-order valence-electron chi connectivity index (χ1n) is 7.86. The molecule has 2 amide bonds. The second-order valence-corrected chi connectivity index (χ2v) is 6.48. The number of ether oxygens (including phenoxy) is 2. The highest BCUT2D eigenvalue weighted by atomic mass is 32.1. The Balaban J connectivity index is 2.04. The van der Waals surface area contributed by atoms with Crippen molar-refractivity contribution in [2.24, 2.45) is 0 Å². The fourth-order valence-electron chi connectivity index (χ4n) is 2.08. The smallest absolute Gasteiger partial charge is 0.270 e. The fourth-order valence-corrected chi connectivity index (χ4v) is 2.76. The van der Waals surface area contributed by atoms with Crippen LogP contribution in [0.15, 0.2) is 23.6 Å². The van der Waals surface area contributed by atoms with Gasteiger partial charge in [-0.15, -0.1) is 11.3 Å². The Kier molecular flexibility index (Phi) is 6.93. The lowest BCUT2D eigenvalue weighted by Gasteiger charge is -2.10. The number of carbonyl (C=O) groups excluding carboxylic acids is 2. The van der Waals surface area contributed by atoms with E-state index in [1.54, 1.807) is 23.6 Å². The van der Waals surface area contributed by atoms with Crippen LogP contribution in [0.5, 0.6) is 11.5 Å². The third-order valence-electron chi connectivity index (χ3n) is 3.45. The second-order valence-electron chi connectivity index (χ2n) is 5.62. The van der Waals surface area contributed by atoms with Gasteiger partial charge in [0.05, 0.1) is 19.8 Å². The van der Waals surface area contributed by atoms with Crippen LogP contribution in [-0.4, -0.2) is 63.1 Å². The molecule has 2 rings (SSSR count). The van der Waals surface area contributed by atoms with Gasteiger partial charge in [0.2, 0.25) is 0 Å². The fraction of sp³-hybridized carbons (Fsp3) is 0.353. The van der Waals surface area contributed by atoms with Crippen LogP contribution >= 0.6 is 11.3 Å². The van der Waals surface area contributed by atoms with Crippen molar-refractivity contribution in [3.05, 3.63) is 34.8 Å². The molecule has 0 aliphatic carbocycles. The van der Waals surface area contributed by atoms with Gasteiger partial charge in [0.1, 0.15) is 17.2 Å². The number of anilines is 1. The molecule has 0 spiro atoms. The Labute approximate surface area is 156 Å². The van der Waals surface area contributed by atoms with E-state index in [4.69, 9.17) is 9.47 Å². The summed E-state index contributed by atoms with van der Waals surface area (Å²) in [7, 11) is 6.86. The Hall–Kier alpha value is -2.65. The minimum absolute atomic E-state index is 0.265. The molecule has 0 aliphatic rings. The molecule has 0 saturated carbocycles. The molecule has 0 saturated heterocycles. The molecular formula is C17H22N4O4S. The van der Waals surface area contributed by atoms with E-state index in [0.717, 1.165) is 6.54 Å². The van der Waals surface area contributed by atoms with Gasteiger partial charge in [0, 0.05) is 18.5 Å². The molecule has 0 fully saturated rings. The summed E-state index contributed by atoms with van der Waals surface area (Å²) in [6, 6.07) is 4.94. The van der Waals surface area contributed by atoms with Gasteiger partial charge in [-0.2, -0.15) is 0 Å². The lowest BCUT2D eigenvalue weighted by atomic mass is 10.2. The first kappa shape index (κ1) is 19.7. The van der Waals surface area contributed by atoms with Gasteiger partial charge in [-0.25, -0.2) is 4.98 Å². The lowest BCUT2D eigenvalue weighted by molar-refractivity contribution is 0.0945. The van der Waals surface area contributed by atoms with E-state index < -0.39 is 5.91 Å². The topological polar surface area (TPSA) is 92.8 Å². The van der Waals surface area contributed by atoms with Crippen molar-refractivity contribution in [1.29, 1.82) is 0 Å². The van der Waals surface area contributed by atoms with E-state index in [9.17, 15) is 9.59 Å². The van der Waals surface area contributed by atoms with Crippen molar-refractivity contribution >= 4 is 28.3 Å². The maximum absolute atomic E-state index is 12.5. The molecule has 2 N–H and O–H groups in total. The maximum atomic E-state index is 12.5. The van der Waals surface area contributed by atoms with E-state index in [-0.39, 0.29) is 11.6 Å². The summed E-state index contributed by atoms with van der Waals surface area (Å²) in [6.07, 6.45) is 0. The van der Waals surface area contributed by atoms with E-state index in [0.29, 0.717) is 28.7 Å². The first-order chi connectivity index (χ1) is 12.4. The average Bonchev–Trinajstić information content (AvgIpc) is 3.09. The number of hydrogen-bond donors (Lipinski definition) is 2. The highest BCUT2D eigenvalue weighted by Gasteiger charge is 2.17. The number of rotatable bonds is 8. The summed E-state index contributed by atoms with van der Waals surface area (Å²) >= 11 is 1.18. The third-order valence-corrected chi connectivity index (χ3v) is 4.21. The summed E-state index contributed by atoms with van der Waals surface area (Å²) in [5.41, 5.74) is 0.584. The Morgan fingerprint density at radius 1 is 1.19 bits per heavy atom. The number of nitrogens with zero attached hydrogens (tertiary/aromatic N) is 2. The molecule has 1 aromatic heterocycles. The molecule has 0 unspecified atom stereocenters. The van der Waals surface area contributed by atoms with Crippen LogP contribution in [0.4, 0.5) is 5.13 Å². The summed E-state index contributed by atoms with van der Waals surface area (Å²) in [6.45, 7) is 1.25. The number of nitrogens with one attached hydrogen (secondary N) is 2. The minimum atomic E-state index is -0.394. The molecule has 0 radical (unpaired) electrons. The zero-order chi connectivity index (χ0) is 19.1. The molecule has 140 valence electrons. The van der Waals surface area contributed by atoms with Crippen LogP contribution in [0, 0.1) is 0 Å². The molecular weight excluding hydrogens is 356 g/mol. The van der Waals surface area contributed by atoms with E-state index in [1.165, 1.54) is 25.6 Å². The van der Waals surface area contributed by atoms with Gasteiger partial charge < -0.3 is 19.7 Å². The van der Waals surface area contributed by atoms with Gasteiger partial charge in [-0.1, -0.05) is 0 Å². The first-order valence-corrected chi connectivity index (χ1v) is 8.74. The number of hydrogen-bond acceptors (Lipinski definition) is 7. The standard InChI is InChI=1S/C17H22N4O4S/c1-21(2)8-7-18-16(23)13-10-26-17(19-13)20-15(22)12-9-11(24-3)5-6-14(12)25-4/h5-6,9-10H,7-8H2,1-4H3,(H,18,23)(H,19,20,22). The minimum Gasteiger partial charge on any atom is -0.497 e. The van der Waals surface area contributed by atoms with Crippen molar-refractivity contribution in [2.45, 2.75) is 0 Å². The zero-order valence-electron chi connectivity index (χ0n) is 15.2. The van der Waals surface area contributed by atoms with Gasteiger partial charge in [-0.3, -0.25) is 14.9 Å². The maximum Gasteiger partial charge on any atom is 0.270 e. The number of aromatic nitrogens is 1. The van der Waals surface area contributed by atoms with Gasteiger partial charge in [-0.05, 0) is 32.3 Å². The van der Waals surface area contributed by atoms with Gasteiger partial charge in [0.25, 0.3) is 11.8 Å². The SMILES string of the molecule is COc1ccc(OC)c(C(=O)Nc2nc(C(=O)NCCN(C)C)cs2)c1. The highest BCUT2D eigenvalue weighted by molar-refractivity contribution is 7.14. The molecule has 0 atom stereocenters. The van der Waals surface area contributed by atoms with Crippen LogP contribution in [0.1, 0.15) is 20.8 Å². The molecule has 9 heteroatoms. The van der Waals surface area contributed by atoms with Crippen LogP contribution in [0.3, 0.4) is 0 Å². The third kappa shape index (κ3) is 5.17. The number of benzene rings is 1. The highest BCUT2D eigenvalue weighted by Crippen LogP contribution is 2.25. The average molecular weight is 378 g/mol. The molecule has 8 nitrogen and oxygen atoms in total. The van der Waals surface area contributed by atoms with Crippen LogP contribution in [-0.2, 0) is 0 Å². The Morgan fingerprint density at radius 2 is 1.96 bits per heavy atom. The molecule has 0 aliphatic heterocycles. The van der Waals surface area contributed by atoms with E-state index >= 15 is 0 Å². The quantitative estimate of drug-likeness (QED) is 0.726. The summed E-state index contributed by atoms with van der Waals surface area (Å²) < 4.78 is 10.3. The Morgan fingerprint density at radius 3 is 2.62 bits per heavy atom. The molecule has 1 aromatic carbocycles. The van der Waals surface area contributed by atoms with E-state index in [2.05, 4.69) is 15.6 Å². The van der Waals surface area contributed by atoms with Crippen molar-refractivity contribution in [3.8, 4) is 11.5 Å². The number of methoxy groups -OCH3 is 2. The van der Waals surface area contributed by atoms with Crippen LogP contribution in [0.25, 0.3) is 0 Å². The number of likely N-dealkylation sites (N-methyl/N-ethyl adjacent to an activating group) is 1. The molecule has 2 aromatic rings. The summed E-state index contributed by atoms with van der Waals surface area (Å²) in [5.74, 6) is 0.287. The normalized spacial score (nSPS) is 10.5. The van der Waals surface area contributed by atoms with Crippen molar-refractivity contribution in [3.63, 3.8) is 0 Å². The monoisotopic (exact) mass is 378 g/mol. The van der Waals surface area contributed by atoms with Crippen LogP contribution < -0.4 is 20.1 Å². The van der Waals surface area contributed by atoms with Gasteiger partial charge >= 0.3 is 0 Å². The van der Waals surface area contributed by atoms with Crippen molar-refractivity contribution < 1.29 is 19.1 Å². The molecule has 0 bridgehead atoms. The lowest BCUT2D eigenvalue weighted by Crippen LogP contribution is -2.31. The second kappa shape index (κ2) is 9.16. The van der Waals surface area contributed by atoms with E-state index in [1.807, 2.05) is 19.0 Å². The van der Waals surface area contributed by atoms with Crippen LogP contribution in [0.2, 0.25) is 0 Å². The Bertz CT molecular complexity index is 776. The molecule has 1 heterocycles. The van der Waals surface area contributed by atoms with Crippen molar-refractivity contribution in [2.75, 3.05) is 46.7 Å². The van der Waals surface area contributed by atoms with Crippen molar-refractivity contribution in [1.82, 2.24) is 15.2 Å². The van der Waals surface area contributed by atoms with Gasteiger partial charge in [0.15, 0.2) is 5.13 Å². The zero-order valence-corrected chi connectivity index (χ0v) is 16.0. The number of amides is 2. The largest absolute Gasteiger partial charge is 0.497 e. The number of carbonyl (C=O) groups is 2.